The van der Waals surface area contributed by atoms with E-state index >= 15 is 0 Å². The van der Waals surface area contributed by atoms with Crippen molar-refractivity contribution in [2.45, 2.75) is 6.42 Å². The number of aromatic nitrogens is 2. The molecule has 33 heavy (non-hydrogen) atoms. The van der Waals surface area contributed by atoms with Crippen molar-refractivity contribution < 1.29 is 9.47 Å². The number of aliphatic imine (C=N–C) groups is 1. The Morgan fingerprint density at radius 1 is 1.15 bits per heavy atom. The van der Waals surface area contributed by atoms with E-state index in [4.69, 9.17) is 15.2 Å². The molecule has 1 fully saturated rings. The molecule has 8 heteroatoms. The van der Waals surface area contributed by atoms with Gasteiger partial charge in [-0.05, 0) is 43.0 Å². The standard InChI is InChI=1S/C25H27N5O3/c1-32-24-18-20(29-13-5-16-33-17-15-29)8-9-22(24)30-14-11-23(31)25(28-30)21(10-12-26)27-19-6-3-2-4-7-19/h2-4,6-12,14,18H,5,13,15-17,26H2,1H3. The lowest BCUT2D eigenvalue weighted by Gasteiger charge is -2.23. The first-order chi connectivity index (χ1) is 16.2. The molecule has 0 amide bonds. The highest BCUT2D eigenvalue weighted by atomic mass is 16.5. The second kappa shape index (κ2) is 10.6. The third-order valence-corrected chi connectivity index (χ3v) is 5.31. The number of methoxy groups -OCH3 is 1. The quantitative estimate of drug-likeness (QED) is 0.586. The van der Waals surface area contributed by atoms with E-state index in [2.05, 4.69) is 15.0 Å². The Morgan fingerprint density at radius 2 is 2.00 bits per heavy atom. The predicted molar refractivity (Wildman–Crippen MR) is 130 cm³/mol. The molecule has 3 aromatic rings. The van der Waals surface area contributed by atoms with Crippen LogP contribution in [0.15, 0.2) is 82.9 Å². The van der Waals surface area contributed by atoms with Crippen LogP contribution in [-0.2, 0) is 4.74 Å². The van der Waals surface area contributed by atoms with Crippen LogP contribution < -0.4 is 20.8 Å². The Kier molecular flexibility index (Phi) is 7.16. The maximum absolute atomic E-state index is 12.7. The van der Waals surface area contributed by atoms with Crippen LogP contribution >= 0.6 is 0 Å². The van der Waals surface area contributed by atoms with Gasteiger partial charge in [-0.3, -0.25) is 4.79 Å². The Hall–Kier alpha value is -3.91. The van der Waals surface area contributed by atoms with Crippen molar-refractivity contribution >= 4 is 17.1 Å². The summed E-state index contributed by atoms with van der Waals surface area (Å²) in [6.45, 7) is 3.23. The van der Waals surface area contributed by atoms with Gasteiger partial charge in [0, 0.05) is 43.7 Å². The fourth-order valence-corrected chi connectivity index (χ4v) is 3.68. The summed E-state index contributed by atoms with van der Waals surface area (Å²) in [5.41, 5.74) is 8.42. The summed E-state index contributed by atoms with van der Waals surface area (Å²) < 4.78 is 12.9. The van der Waals surface area contributed by atoms with Crippen LogP contribution in [0.5, 0.6) is 5.75 Å². The summed E-state index contributed by atoms with van der Waals surface area (Å²) in [6, 6.07) is 16.8. The lowest BCUT2D eigenvalue weighted by atomic mass is 10.2. The van der Waals surface area contributed by atoms with Crippen molar-refractivity contribution in [3.05, 3.63) is 89.0 Å². The molecular weight excluding hydrogens is 418 g/mol. The molecule has 2 heterocycles. The van der Waals surface area contributed by atoms with Crippen molar-refractivity contribution in [1.29, 1.82) is 0 Å². The Bertz CT molecular complexity index is 1200. The van der Waals surface area contributed by atoms with Crippen LogP contribution in [0.3, 0.4) is 0 Å². The molecule has 0 unspecified atom stereocenters. The zero-order valence-corrected chi connectivity index (χ0v) is 18.6. The molecule has 0 aliphatic carbocycles. The van der Waals surface area contributed by atoms with Crippen molar-refractivity contribution in [3.63, 3.8) is 0 Å². The molecule has 1 saturated heterocycles. The smallest absolute Gasteiger partial charge is 0.209 e. The fourth-order valence-electron chi connectivity index (χ4n) is 3.68. The van der Waals surface area contributed by atoms with Gasteiger partial charge in [0.15, 0.2) is 5.69 Å². The normalized spacial score (nSPS) is 14.9. The van der Waals surface area contributed by atoms with Gasteiger partial charge < -0.3 is 20.1 Å². The van der Waals surface area contributed by atoms with Crippen LogP contribution in [0, 0.1) is 0 Å². The maximum Gasteiger partial charge on any atom is 0.209 e. The molecule has 4 rings (SSSR count). The van der Waals surface area contributed by atoms with Crippen molar-refractivity contribution in [2.24, 2.45) is 10.7 Å². The van der Waals surface area contributed by atoms with Crippen LogP contribution in [0.4, 0.5) is 11.4 Å². The van der Waals surface area contributed by atoms with Gasteiger partial charge in [0.1, 0.15) is 11.4 Å². The van der Waals surface area contributed by atoms with Crippen LogP contribution in [0.2, 0.25) is 0 Å². The second-order valence-electron chi connectivity index (χ2n) is 7.47. The lowest BCUT2D eigenvalue weighted by molar-refractivity contribution is 0.152. The number of rotatable bonds is 6. The number of hydrogen-bond acceptors (Lipinski definition) is 7. The topological polar surface area (TPSA) is 95.0 Å². The molecule has 170 valence electrons. The Morgan fingerprint density at radius 3 is 2.79 bits per heavy atom. The number of ether oxygens (including phenoxy) is 2. The number of anilines is 1. The SMILES string of the molecule is COc1cc(N2CCCOCC2)ccc1-n1ccc(=O)c(C(C=CN)=Nc2ccccc2)n1. The molecule has 1 aliphatic rings. The molecule has 0 saturated carbocycles. The highest BCUT2D eigenvalue weighted by Gasteiger charge is 2.15. The van der Waals surface area contributed by atoms with Gasteiger partial charge in [-0.2, -0.15) is 5.10 Å². The van der Waals surface area contributed by atoms with Gasteiger partial charge in [-0.1, -0.05) is 18.2 Å². The van der Waals surface area contributed by atoms with Gasteiger partial charge in [-0.15, -0.1) is 0 Å². The number of hydrogen-bond donors (Lipinski definition) is 1. The monoisotopic (exact) mass is 445 g/mol. The summed E-state index contributed by atoms with van der Waals surface area (Å²) in [4.78, 5) is 19.5. The van der Waals surface area contributed by atoms with Crippen molar-refractivity contribution in [3.8, 4) is 11.4 Å². The number of benzene rings is 2. The van der Waals surface area contributed by atoms with E-state index in [1.54, 1.807) is 24.1 Å². The summed E-state index contributed by atoms with van der Waals surface area (Å²) in [6.07, 6.45) is 5.52. The predicted octanol–water partition coefficient (Wildman–Crippen LogP) is 3.06. The van der Waals surface area contributed by atoms with Gasteiger partial charge in [0.2, 0.25) is 5.43 Å². The molecular formula is C25H27N5O3. The molecule has 2 aromatic carbocycles. The Balaban J connectivity index is 1.73. The third-order valence-electron chi connectivity index (χ3n) is 5.31. The van der Waals surface area contributed by atoms with Gasteiger partial charge in [0.25, 0.3) is 0 Å². The zero-order valence-electron chi connectivity index (χ0n) is 18.6. The van der Waals surface area contributed by atoms with E-state index in [1.165, 1.54) is 12.3 Å². The number of nitrogens with two attached hydrogens (primary N) is 1. The van der Waals surface area contributed by atoms with E-state index in [-0.39, 0.29) is 11.1 Å². The fraction of sp³-hybridized carbons (Fsp3) is 0.240. The third kappa shape index (κ3) is 5.30. The second-order valence-corrected chi connectivity index (χ2v) is 7.47. The first-order valence-electron chi connectivity index (χ1n) is 10.8. The van der Waals surface area contributed by atoms with E-state index in [1.807, 2.05) is 48.5 Å². The first-order valence-corrected chi connectivity index (χ1v) is 10.8. The molecule has 1 aliphatic heterocycles. The number of allylic oxidation sites excluding steroid dienone is 1. The largest absolute Gasteiger partial charge is 0.494 e. The summed E-state index contributed by atoms with van der Waals surface area (Å²) in [5, 5.41) is 4.58. The highest BCUT2D eigenvalue weighted by molar-refractivity contribution is 6.08. The van der Waals surface area contributed by atoms with Gasteiger partial charge in [0.05, 0.1) is 25.1 Å². The van der Waals surface area contributed by atoms with E-state index < -0.39 is 0 Å². The minimum atomic E-state index is -0.251. The molecule has 0 radical (unpaired) electrons. The average Bonchev–Trinajstić information content (AvgIpc) is 3.14. The summed E-state index contributed by atoms with van der Waals surface area (Å²) in [5.74, 6) is 0.649. The van der Waals surface area contributed by atoms with E-state index in [0.29, 0.717) is 29.4 Å². The average molecular weight is 446 g/mol. The van der Waals surface area contributed by atoms with Crippen LogP contribution in [-0.4, -0.2) is 48.9 Å². The van der Waals surface area contributed by atoms with E-state index in [9.17, 15) is 4.79 Å². The molecule has 2 N–H and O–H groups in total. The number of nitrogens with zero attached hydrogens (tertiary/aromatic N) is 4. The number of para-hydroxylation sites is 1. The molecule has 0 spiro atoms. The molecule has 0 atom stereocenters. The Labute approximate surface area is 192 Å². The van der Waals surface area contributed by atoms with Gasteiger partial charge >= 0.3 is 0 Å². The summed E-state index contributed by atoms with van der Waals surface area (Å²) >= 11 is 0. The zero-order chi connectivity index (χ0) is 23.0. The summed E-state index contributed by atoms with van der Waals surface area (Å²) in [7, 11) is 1.62. The lowest BCUT2D eigenvalue weighted by Crippen LogP contribution is -2.26. The van der Waals surface area contributed by atoms with Crippen molar-refractivity contribution in [1.82, 2.24) is 9.78 Å². The maximum atomic E-state index is 12.7. The molecule has 8 nitrogen and oxygen atoms in total. The van der Waals surface area contributed by atoms with E-state index in [0.717, 1.165) is 31.8 Å². The van der Waals surface area contributed by atoms with Crippen molar-refractivity contribution in [2.75, 3.05) is 38.3 Å². The first kappa shape index (κ1) is 22.3. The highest BCUT2D eigenvalue weighted by Crippen LogP contribution is 2.28. The minimum absolute atomic E-state index is 0.193. The molecule has 1 aromatic heterocycles. The van der Waals surface area contributed by atoms with Crippen LogP contribution in [0.25, 0.3) is 5.69 Å². The minimum Gasteiger partial charge on any atom is -0.494 e. The van der Waals surface area contributed by atoms with Crippen LogP contribution in [0.1, 0.15) is 12.1 Å². The van der Waals surface area contributed by atoms with Gasteiger partial charge in [-0.25, -0.2) is 9.67 Å². The molecule has 0 bridgehead atoms.